The van der Waals surface area contributed by atoms with Crippen molar-refractivity contribution in [3.63, 3.8) is 0 Å². The van der Waals surface area contributed by atoms with E-state index >= 15 is 0 Å². The van der Waals surface area contributed by atoms with Gasteiger partial charge >= 0.3 is 0 Å². The molecule has 1 aliphatic rings. The molecule has 112 valence electrons. The van der Waals surface area contributed by atoms with Gasteiger partial charge in [-0.25, -0.2) is 4.98 Å². The van der Waals surface area contributed by atoms with E-state index in [4.69, 9.17) is 4.98 Å². The van der Waals surface area contributed by atoms with Crippen molar-refractivity contribution >= 4 is 5.82 Å². The molecule has 1 unspecified atom stereocenters. The first-order chi connectivity index (χ1) is 9.67. The second kappa shape index (κ2) is 7.07. The Hall–Kier alpha value is -1.09. The Kier molecular flexibility index (Phi) is 5.41. The third kappa shape index (κ3) is 3.32. The Balaban J connectivity index is 2.29. The summed E-state index contributed by atoms with van der Waals surface area (Å²) in [6, 6.07) is 2.89. The van der Waals surface area contributed by atoms with Crippen LogP contribution in [0.2, 0.25) is 0 Å². The zero-order valence-electron chi connectivity index (χ0n) is 13.5. The summed E-state index contributed by atoms with van der Waals surface area (Å²) in [7, 11) is 0. The van der Waals surface area contributed by atoms with Gasteiger partial charge in [-0.15, -0.1) is 0 Å². The minimum Gasteiger partial charge on any atom is -0.353 e. The number of pyridine rings is 1. The molecule has 0 bridgehead atoms. The largest absolute Gasteiger partial charge is 0.353 e. The van der Waals surface area contributed by atoms with Crippen LogP contribution < -0.4 is 10.2 Å². The minimum atomic E-state index is 0.675. The molecule has 3 heteroatoms. The molecule has 1 N–H and O–H groups in total. The van der Waals surface area contributed by atoms with Gasteiger partial charge in [-0.1, -0.05) is 13.8 Å². The Morgan fingerprint density at radius 1 is 1.35 bits per heavy atom. The fourth-order valence-corrected chi connectivity index (χ4v) is 3.23. The summed E-state index contributed by atoms with van der Waals surface area (Å²) in [5, 5.41) is 3.54. The van der Waals surface area contributed by atoms with Gasteiger partial charge in [0.1, 0.15) is 5.82 Å². The van der Waals surface area contributed by atoms with Gasteiger partial charge in [0.25, 0.3) is 0 Å². The highest BCUT2D eigenvalue weighted by atomic mass is 15.2. The third-order valence-electron chi connectivity index (χ3n) is 4.30. The Morgan fingerprint density at radius 2 is 2.15 bits per heavy atom. The average molecular weight is 275 g/mol. The van der Waals surface area contributed by atoms with Crippen LogP contribution in [0.5, 0.6) is 0 Å². The lowest BCUT2D eigenvalue weighted by molar-refractivity contribution is 0.628. The molecule has 0 aromatic carbocycles. The number of rotatable bonds is 6. The summed E-state index contributed by atoms with van der Waals surface area (Å²) in [5.41, 5.74) is 3.90. The molecule has 20 heavy (non-hydrogen) atoms. The molecule has 1 aromatic rings. The molecule has 2 rings (SSSR count). The zero-order chi connectivity index (χ0) is 14.5. The van der Waals surface area contributed by atoms with E-state index < -0.39 is 0 Å². The Labute approximate surface area is 123 Å². The average Bonchev–Trinajstić information content (AvgIpc) is 2.89. The highest BCUT2D eigenvalue weighted by Gasteiger charge is 2.26. The summed E-state index contributed by atoms with van der Waals surface area (Å²) in [6.45, 7) is 12.0. The van der Waals surface area contributed by atoms with Crippen LogP contribution >= 0.6 is 0 Å². The summed E-state index contributed by atoms with van der Waals surface area (Å²) in [5.74, 6) is 1.23. The summed E-state index contributed by atoms with van der Waals surface area (Å²) >= 11 is 0. The molecule has 1 aromatic heterocycles. The number of nitrogens with zero attached hydrogens (tertiary/aromatic N) is 2. The van der Waals surface area contributed by atoms with Gasteiger partial charge in [-0.2, -0.15) is 0 Å². The SMILES string of the molecule is CCCNCc1c(C)cc(C)nc1N1CCCC1CC. The Morgan fingerprint density at radius 3 is 2.85 bits per heavy atom. The van der Waals surface area contributed by atoms with Crippen molar-refractivity contribution in [2.75, 3.05) is 18.0 Å². The molecular formula is C17H29N3. The van der Waals surface area contributed by atoms with Gasteiger partial charge in [-0.05, 0) is 57.7 Å². The van der Waals surface area contributed by atoms with Crippen molar-refractivity contribution in [1.82, 2.24) is 10.3 Å². The maximum Gasteiger partial charge on any atom is 0.133 e. The number of nitrogens with one attached hydrogen (secondary N) is 1. The van der Waals surface area contributed by atoms with Crippen LogP contribution in [0.3, 0.4) is 0 Å². The first-order valence-electron chi connectivity index (χ1n) is 8.11. The van der Waals surface area contributed by atoms with E-state index in [0.717, 1.165) is 25.3 Å². The quantitative estimate of drug-likeness (QED) is 0.804. The van der Waals surface area contributed by atoms with E-state index in [1.165, 1.54) is 42.6 Å². The molecule has 0 aliphatic carbocycles. The first kappa shape index (κ1) is 15.3. The standard InChI is InChI=1S/C17H29N3/c1-5-9-18-12-16-13(3)11-14(4)19-17(16)20-10-7-8-15(20)6-2/h11,15,18H,5-10,12H2,1-4H3. The number of anilines is 1. The molecule has 2 heterocycles. The van der Waals surface area contributed by atoms with Gasteiger partial charge < -0.3 is 10.2 Å². The normalized spacial score (nSPS) is 18.8. The third-order valence-corrected chi connectivity index (χ3v) is 4.30. The molecule has 1 saturated heterocycles. The van der Waals surface area contributed by atoms with E-state index in [1.54, 1.807) is 0 Å². The summed E-state index contributed by atoms with van der Waals surface area (Å²) < 4.78 is 0. The molecule has 3 nitrogen and oxygen atoms in total. The van der Waals surface area contributed by atoms with E-state index in [-0.39, 0.29) is 0 Å². The van der Waals surface area contributed by atoms with E-state index in [1.807, 2.05) is 0 Å². The first-order valence-corrected chi connectivity index (χ1v) is 8.11. The van der Waals surface area contributed by atoms with E-state index in [9.17, 15) is 0 Å². The second-order valence-corrected chi connectivity index (χ2v) is 5.96. The maximum absolute atomic E-state index is 4.88. The second-order valence-electron chi connectivity index (χ2n) is 5.96. The van der Waals surface area contributed by atoms with Gasteiger partial charge in [0.15, 0.2) is 0 Å². The van der Waals surface area contributed by atoms with E-state index in [2.05, 4.69) is 44.0 Å². The van der Waals surface area contributed by atoms with Crippen LogP contribution in [0.15, 0.2) is 6.07 Å². The van der Waals surface area contributed by atoms with Crippen LogP contribution in [0, 0.1) is 13.8 Å². The van der Waals surface area contributed by atoms with Crippen molar-refractivity contribution in [2.24, 2.45) is 0 Å². The predicted molar refractivity (Wildman–Crippen MR) is 86.4 cm³/mol. The predicted octanol–water partition coefficient (Wildman–Crippen LogP) is 3.58. The monoisotopic (exact) mass is 275 g/mol. The van der Waals surface area contributed by atoms with Crippen LogP contribution in [0.1, 0.15) is 56.4 Å². The topological polar surface area (TPSA) is 28.2 Å². The summed E-state index contributed by atoms with van der Waals surface area (Å²) in [4.78, 5) is 7.42. The molecular weight excluding hydrogens is 246 g/mol. The van der Waals surface area contributed by atoms with Gasteiger partial charge in [0.05, 0.1) is 0 Å². The van der Waals surface area contributed by atoms with Crippen molar-refractivity contribution in [3.05, 3.63) is 22.9 Å². The number of hydrogen-bond donors (Lipinski definition) is 1. The zero-order valence-corrected chi connectivity index (χ0v) is 13.5. The molecule has 0 radical (unpaired) electrons. The van der Waals surface area contributed by atoms with Crippen LogP contribution in [-0.4, -0.2) is 24.1 Å². The highest BCUT2D eigenvalue weighted by molar-refractivity contribution is 5.53. The van der Waals surface area contributed by atoms with Crippen molar-refractivity contribution in [2.45, 2.75) is 66.0 Å². The van der Waals surface area contributed by atoms with Crippen molar-refractivity contribution in [3.8, 4) is 0 Å². The molecule has 1 aliphatic heterocycles. The lowest BCUT2D eigenvalue weighted by Gasteiger charge is -2.28. The van der Waals surface area contributed by atoms with Gasteiger partial charge in [0, 0.05) is 30.4 Å². The Bertz CT molecular complexity index is 442. The molecule has 0 spiro atoms. The molecule has 0 amide bonds. The minimum absolute atomic E-state index is 0.675. The fraction of sp³-hybridized carbons (Fsp3) is 0.706. The highest BCUT2D eigenvalue weighted by Crippen LogP contribution is 2.30. The number of aryl methyl sites for hydroxylation is 2. The van der Waals surface area contributed by atoms with Crippen molar-refractivity contribution < 1.29 is 0 Å². The van der Waals surface area contributed by atoms with Gasteiger partial charge in [-0.3, -0.25) is 0 Å². The lowest BCUT2D eigenvalue weighted by atomic mass is 10.1. The lowest BCUT2D eigenvalue weighted by Crippen LogP contribution is -2.31. The fourth-order valence-electron chi connectivity index (χ4n) is 3.23. The number of hydrogen-bond acceptors (Lipinski definition) is 3. The molecule has 1 atom stereocenters. The smallest absolute Gasteiger partial charge is 0.133 e. The molecule has 1 fully saturated rings. The van der Waals surface area contributed by atoms with Crippen LogP contribution in [0.25, 0.3) is 0 Å². The molecule has 0 saturated carbocycles. The maximum atomic E-state index is 4.88. The van der Waals surface area contributed by atoms with Gasteiger partial charge in [0.2, 0.25) is 0 Å². The van der Waals surface area contributed by atoms with Crippen LogP contribution in [-0.2, 0) is 6.54 Å². The summed E-state index contributed by atoms with van der Waals surface area (Å²) in [6.07, 6.45) is 5.01. The van der Waals surface area contributed by atoms with Crippen LogP contribution in [0.4, 0.5) is 5.82 Å². The number of aromatic nitrogens is 1. The van der Waals surface area contributed by atoms with E-state index in [0.29, 0.717) is 6.04 Å². The van der Waals surface area contributed by atoms with Crippen molar-refractivity contribution in [1.29, 1.82) is 0 Å².